The largest absolute Gasteiger partial charge is 0.334 e. The Morgan fingerprint density at radius 2 is 2.47 bits per heavy atom. The second kappa shape index (κ2) is 5.23. The zero-order chi connectivity index (χ0) is 12.4. The van der Waals surface area contributed by atoms with Gasteiger partial charge in [0, 0.05) is 24.1 Å². The summed E-state index contributed by atoms with van der Waals surface area (Å²) in [6.45, 7) is 2.64. The van der Waals surface area contributed by atoms with Gasteiger partial charge in [-0.05, 0) is 13.0 Å². The van der Waals surface area contributed by atoms with Crippen LogP contribution in [0.5, 0.6) is 0 Å². The molecule has 1 aliphatic heterocycles. The molecule has 0 bridgehead atoms. The first kappa shape index (κ1) is 12.6. The van der Waals surface area contributed by atoms with E-state index in [4.69, 9.17) is 11.6 Å². The molecule has 1 aliphatic rings. The summed E-state index contributed by atoms with van der Waals surface area (Å²) in [5.41, 5.74) is 0.144. The molecule has 1 saturated heterocycles. The van der Waals surface area contributed by atoms with Gasteiger partial charge in [0.2, 0.25) is 0 Å². The zero-order valence-corrected chi connectivity index (χ0v) is 10.9. The summed E-state index contributed by atoms with van der Waals surface area (Å²) in [6, 6.07) is 1.28. The number of thioether (sulfide) groups is 1. The second-order valence-electron chi connectivity index (χ2n) is 3.91. The lowest BCUT2D eigenvalue weighted by Gasteiger charge is -2.33. The molecule has 1 atom stereocenters. The Kier molecular flexibility index (Phi) is 3.89. The molecule has 0 spiro atoms. The predicted molar refractivity (Wildman–Crippen MR) is 67.0 cm³/mol. The van der Waals surface area contributed by atoms with Crippen molar-refractivity contribution in [3.8, 4) is 0 Å². The molecule has 1 aromatic heterocycles. The van der Waals surface area contributed by atoms with Crippen molar-refractivity contribution >= 4 is 29.3 Å². The summed E-state index contributed by atoms with van der Waals surface area (Å²) in [6.07, 6.45) is 1.01. The van der Waals surface area contributed by atoms with E-state index in [1.54, 1.807) is 4.90 Å². The molecule has 0 aromatic carbocycles. The smallest absolute Gasteiger partial charge is 0.257 e. The fourth-order valence-corrected chi connectivity index (χ4v) is 2.95. The zero-order valence-electron chi connectivity index (χ0n) is 9.32. The van der Waals surface area contributed by atoms with Gasteiger partial charge in [-0.15, -0.1) is 0 Å². The van der Waals surface area contributed by atoms with E-state index in [0.29, 0.717) is 6.54 Å². The Bertz CT molecular complexity index is 443. The Balaban J connectivity index is 2.26. The molecule has 0 radical (unpaired) electrons. The number of rotatable bonds is 1. The van der Waals surface area contributed by atoms with Crippen LogP contribution in [0.3, 0.4) is 0 Å². The molecule has 0 saturated carbocycles. The lowest BCUT2D eigenvalue weighted by Crippen LogP contribution is -2.44. The number of hydrogen-bond donors (Lipinski definition) is 0. The van der Waals surface area contributed by atoms with E-state index < -0.39 is 5.82 Å². The predicted octanol–water partition coefficient (Wildman–Crippen LogP) is 2.45. The first-order valence-corrected chi connectivity index (χ1v) is 6.82. The number of amides is 1. The Morgan fingerprint density at radius 1 is 1.71 bits per heavy atom. The number of carbonyl (C=O) groups is 1. The van der Waals surface area contributed by atoms with Gasteiger partial charge in [0.05, 0.1) is 11.8 Å². The highest BCUT2D eigenvalue weighted by Crippen LogP contribution is 2.21. The topological polar surface area (TPSA) is 33.2 Å². The lowest BCUT2D eigenvalue weighted by molar-refractivity contribution is 0.0715. The maximum atomic E-state index is 13.1. The quantitative estimate of drug-likeness (QED) is 0.738. The second-order valence-corrected chi connectivity index (χ2v) is 5.42. The number of pyridine rings is 1. The Labute approximate surface area is 108 Å². The van der Waals surface area contributed by atoms with Crippen LogP contribution in [0.4, 0.5) is 4.39 Å². The van der Waals surface area contributed by atoms with E-state index in [1.165, 1.54) is 0 Å². The van der Waals surface area contributed by atoms with Gasteiger partial charge in [0.25, 0.3) is 5.91 Å². The maximum absolute atomic E-state index is 13.1. The average Bonchev–Trinajstić information content (AvgIpc) is 2.32. The van der Waals surface area contributed by atoms with E-state index >= 15 is 0 Å². The average molecular weight is 275 g/mol. The third kappa shape index (κ3) is 2.72. The third-order valence-electron chi connectivity index (χ3n) is 2.66. The molecule has 0 N–H and O–H groups in total. The molecular weight excluding hydrogens is 263 g/mol. The standard InChI is InChI=1S/C11H12ClFN2OS/c1-7-6-17-3-2-15(7)11(16)9-4-8(13)5-14-10(9)12/h4-5,7H,2-3,6H2,1H3. The van der Waals surface area contributed by atoms with Crippen molar-refractivity contribution in [1.82, 2.24) is 9.88 Å². The van der Waals surface area contributed by atoms with Crippen LogP contribution < -0.4 is 0 Å². The van der Waals surface area contributed by atoms with Crippen molar-refractivity contribution in [2.75, 3.05) is 18.1 Å². The summed E-state index contributed by atoms with van der Waals surface area (Å²) >= 11 is 7.64. The van der Waals surface area contributed by atoms with Gasteiger partial charge in [0.1, 0.15) is 11.0 Å². The monoisotopic (exact) mass is 274 g/mol. The fourth-order valence-electron chi connectivity index (χ4n) is 1.76. The number of halogens is 2. The van der Waals surface area contributed by atoms with Crippen LogP contribution >= 0.6 is 23.4 Å². The number of aromatic nitrogens is 1. The van der Waals surface area contributed by atoms with Gasteiger partial charge in [-0.3, -0.25) is 4.79 Å². The third-order valence-corrected chi connectivity index (χ3v) is 4.16. The SMILES string of the molecule is CC1CSCCN1C(=O)c1cc(F)cnc1Cl. The van der Waals surface area contributed by atoms with Crippen LogP contribution in [0.2, 0.25) is 5.15 Å². The van der Waals surface area contributed by atoms with Crippen LogP contribution in [-0.2, 0) is 0 Å². The molecule has 2 rings (SSSR count). The Morgan fingerprint density at radius 3 is 3.18 bits per heavy atom. The molecule has 17 heavy (non-hydrogen) atoms. The lowest BCUT2D eigenvalue weighted by atomic mass is 10.2. The molecule has 2 heterocycles. The van der Waals surface area contributed by atoms with Crippen molar-refractivity contribution in [3.05, 3.63) is 28.8 Å². The van der Waals surface area contributed by atoms with E-state index in [1.807, 2.05) is 18.7 Å². The van der Waals surface area contributed by atoms with Crippen LogP contribution in [-0.4, -0.2) is 39.9 Å². The van der Waals surface area contributed by atoms with Crippen LogP contribution in [0, 0.1) is 5.82 Å². The van der Waals surface area contributed by atoms with Gasteiger partial charge < -0.3 is 4.90 Å². The minimum Gasteiger partial charge on any atom is -0.334 e. The molecule has 0 aliphatic carbocycles. The number of nitrogens with zero attached hydrogens (tertiary/aromatic N) is 2. The van der Waals surface area contributed by atoms with Crippen LogP contribution in [0.15, 0.2) is 12.3 Å². The summed E-state index contributed by atoms with van der Waals surface area (Å²) in [5.74, 6) is 1.01. The maximum Gasteiger partial charge on any atom is 0.257 e. The van der Waals surface area contributed by atoms with Crippen molar-refractivity contribution in [2.45, 2.75) is 13.0 Å². The number of hydrogen-bond acceptors (Lipinski definition) is 3. The van der Waals surface area contributed by atoms with Crippen molar-refractivity contribution in [1.29, 1.82) is 0 Å². The van der Waals surface area contributed by atoms with Gasteiger partial charge in [-0.1, -0.05) is 11.6 Å². The minimum absolute atomic E-state index is 0.0572. The van der Waals surface area contributed by atoms with E-state index in [-0.39, 0.29) is 22.7 Å². The summed E-state index contributed by atoms with van der Waals surface area (Å²) in [7, 11) is 0. The van der Waals surface area contributed by atoms with Crippen LogP contribution in [0.1, 0.15) is 17.3 Å². The van der Waals surface area contributed by atoms with E-state index in [9.17, 15) is 9.18 Å². The molecular formula is C11H12ClFN2OS. The van der Waals surface area contributed by atoms with Gasteiger partial charge in [-0.25, -0.2) is 9.37 Å². The van der Waals surface area contributed by atoms with Crippen LogP contribution in [0.25, 0.3) is 0 Å². The molecule has 6 heteroatoms. The highest BCUT2D eigenvalue weighted by atomic mass is 35.5. The molecule has 1 amide bonds. The van der Waals surface area contributed by atoms with Crippen molar-refractivity contribution in [2.24, 2.45) is 0 Å². The summed E-state index contributed by atoms with van der Waals surface area (Å²) in [5, 5.41) is 0.0572. The fraction of sp³-hybridized carbons (Fsp3) is 0.455. The summed E-state index contributed by atoms with van der Waals surface area (Å²) < 4.78 is 13.1. The highest BCUT2D eigenvalue weighted by molar-refractivity contribution is 7.99. The van der Waals surface area contributed by atoms with Gasteiger partial charge >= 0.3 is 0 Å². The molecule has 1 fully saturated rings. The minimum atomic E-state index is -0.545. The Hall–Kier alpha value is -0.810. The number of carbonyl (C=O) groups excluding carboxylic acids is 1. The summed E-state index contributed by atoms with van der Waals surface area (Å²) in [4.78, 5) is 17.6. The molecule has 1 aromatic rings. The first-order chi connectivity index (χ1) is 8.09. The highest BCUT2D eigenvalue weighted by Gasteiger charge is 2.26. The van der Waals surface area contributed by atoms with Gasteiger partial charge in [-0.2, -0.15) is 11.8 Å². The molecule has 1 unspecified atom stereocenters. The van der Waals surface area contributed by atoms with E-state index in [0.717, 1.165) is 23.8 Å². The normalized spacial score (nSPS) is 20.4. The van der Waals surface area contributed by atoms with Crippen molar-refractivity contribution in [3.63, 3.8) is 0 Å². The molecule has 3 nitrogen and oxygen atoms in total. The van der Waals surface area contributed by atoms with E-state index in [2.05, 4.69) is 4.98 Å². The first-order valence-electron chi connectivity index (χ1n) is 5.29. The molecule has 92 valence electrons. The van der Waals surface area contributed by atoms with Gasteiger partial charge in [0.15, 0.2) is 0 Å². The van der Waals surface area contributed by atoms with Crippen molar-refractivity contribution < 1.29 is 9.18 Å².